The lowest BCUT2D eigenvalue weighted by atomic mass is 10.3. The fourth-order valence-corrected chi connectivity index (χ4v) is 2.77. The number of rotatable bonds is 7. The number of esters is 2. The third-order valence-electron chi connectivity index (χ3n) is 2.75. The van der Waals surface area contributed by atoms with E-state index in [1.165, 1.54) is 24.8 Å². The highest BCUT2D eigenvalue weighted by Crippen LogP contribution is 2.27. The molecule has 1 rings (SSSR count). The Bertz CT molecular complexity index is 611. The van der Waals surface area contributed by atoms with Crippen LogP contribution < -0.4 is 4.90 Å². The molecule has 0 radical (unpaired) electrons. The number of amides is 1. The predicted octanol–water partition coefficient (Wildman–Crippen LogP) is 2.10. The van der Waals surface area contributed by atoms with Crippen LogP contribution >= 0.6 is 11.3 Å². The number of aromatic nitrogens is 1. The van der Waals surface area contributed by atoms with Gasteiger partial charge < -0.3 is 9.47 Å². The Kier molecular flexibility index (Phi) is 6.89. The normalized spacial score (nSPS) is 11.5. The highest BCUT2D eigenvalue weighted by molar-refractivity contribution is 7.17. The van der Waals surface area contributed by atoms with Crippen LogP contribution in [0.25, 0.3) is 0 Å². The number of anilines is 1. The summed E-state index contributed by atoms with van der Waals surface area (Å²) in [5.41, 5.74) is 0.477. The molecule has 1 aromatic heterocycles. The number of hydrogen-bond donors (Lipinski definition) is 0. The minimum Gasteiger partial charge on any atom is -0.462 e. The minimum absolute atomic E-state index is 0.180. The smallest absolute Gasteiger partial charge is 0.350 e. The number of ether oxygens (including phenoxy) is 2. The summed E-state index contributed by atoms with van der Waals surface area (Å²) in [7, 11) is 0. The second-order valence-corrected chi connectivity index (χ2v) is 5.60. The van der Waals surface area contributed by atoms with Gasteiger partial charge in [0.05, 0.1) is 12.3 Å². The van der Waals surface area contributed by atoms with Gasteiger partial charge in [-0.05, 0) is 20.8 Å². The van der Waals surface area contributed by atoms with Crippen molar-refractivity contribution in [3.63, 3.8) is 0 Å². The average molecular weight is 340 g/mol. The summed E-state index contributed by atoms with van der Waals surface area (Å²) in [6.07, 6.45) is 0.571. The molecule has 1 heterocycles. The van der Waals surface area contributed by atoms with Crippen LogP contribution in [0.1, 0.15) is 36.1 Å². The minimum atomic E-state index is -0.956. The molecule has 0 bridgehead atoms. The van der Waals surface area contributed by atoms with Gasteiger partial charge in [-0.25, -0.2) is 9.78 Å². The average Bonchev–Trinajstić information content (AvgIpc) is 2.85. The van der Waals surface area contributed by atoms with Gasteiger partial charge in [0.25, 0.3) is 5.91 Å². The van der Waals surface area contributed by atoms with Crippen LogP contribution in [0.15, 0.2) is 12.7 Å². The number of carbonyl (C=O) groups excluding carboxylic acids is 3. The van der Waals surface area contributed by atoms with Gasteiger partial charge in [0, 0.05) is 13.5 Å². The molecule has 23 heavy (non-hydrogen) atoms. The van der Waals surface area contributed by atoms with Gasteiger partial charge in [-0.1, -0.05) is 17.4 Å². The predicted molar refractivity (Wildman–Crippen MR) is 86.6 cm³/mol. The van der Waals surface area contributed by atoms with Crippen molar-refractivity contribution >= 4 is 34.3 Å². The summed E-state index contributed by atoms with van der Waals surface area (Å²) in [5, 5.41) is 0.328. The fourth-order valence-electron chi connectivity index (χ4n) is 1.79. The molecule has 0 aliphatic carbocycles. The second-order valence-electron chi connectivity index (χ2n) is 4.62. The standard InChI is InChI=1S/C15H20N2O5S/c1-6-8-17(13(19)10(4)22-11(5)18)15-16-9(3)12(23-15)14(20)21-7-2/h6,10H,1,7-8H2,2-5H3/t10-/m1/s1. The monoisotopic (exact) mass is 340 g/mol. The number of carbonyl (C=O) groups is 3. The Balaban J connectivity index is 3.08. The van der Waals surface area contributed by atoms with Gasteiger partial charge in [0.2, 0.25) is 0 Å². The van der Waals surface area contributed by atoms with Crippen LogP contribution in [0, 0.1) is 6.92 Å². The summed E-state index contributed by atoms with van der Waals surface area (Å²) in [4.78, 5) is 41.2. The molecule has 1 amide bonds. The molecule has 0 spiro atoms. The van der Waals surface area contributed by atoms with E-state index >= 15 is 0 Å². The van der Waals surface area contributed by atoms with Crippen LogP contribution in [0.4, 0.5) is 5.13 Å². The maximum atomic E-state index is 12.4. The van der Waals surface area contributed by atoms with Crippen molar-refractivity contribution in [2.75, 3.05) is 18.1 Å². The van der Waals surface area contributed by atoms with Gasteiger partial charge in [-0.3, -0.25) is 14.5 Å². The van der Waals surface area contributed by atoms with E-state index in [0.717, 1.165) is 11.3 Å². The molecule has 0 N–H and O–H groups in total. The van der Waals surface area contributed by atoms with Crippen LogP contribution in [0.5, 0.6) is 0 Å². The summed E-state index contributed by atoms with van der Waals surface area (Å²) >= 11 is 1.05. The first-order chi connectivity index (χ1) is 10.8. The molecule has 126 valence electrons. The van der Waals surface area contributed by atoms with Crippen LogP contribution in [-0.2, 0) is 19.1 Å². The Morgan fingerprint density at radius 2 is 2.09 bits per heavy atom. The third kappa shape index (κ3) is 4.88. The number of hydrogen-bond acceptors (Lipinski definition) is 7. The highest BCUT2D eigenvalue weighted by Gasteiger charge is 2.27. The molecule has 7 nitrogen and oxygen atoms in total. The first-order valence-electron chi connectivity index (χ1n) is 7.05. The van der Waals surface area contributed by atoms with Gasteiger partial charge in [0.15, 0.2) is 11.2 Å². The molecule has 0 saturated heterocycles. The Hall–Kier alpha value is -2.22. The largest absolute Gasteiger partial charge is 0.462 e. The van der Waals surface area contributed by atoms with Crippen molar-refractivity contribution in [2.24, 2.45) is 0 Å². The topological polar surface area (TPSA) is 85.8 Å². The van der Waals surface area contributed by atoms with Crippen molar-refractivity contribution in [3.05, 3.63) is 23.2 Å². The lowest BCUT2D eigenvalue weighted by Crippen LogP contribution is -2.40. The zero-order chi connectivity index (χ0) is 17.6. The molecule has 0 saturated carbocycles. The van der Waals surface area contributed by atoms with Crippen molar-refractivity contribution in [1.82, 2.24) is 4.98 Å². The van der Waals surface area contributed by atoms with E-state index in [-0.39, 0.29) is 13.2 Å². The molecule has 1 atom stereocenters. The summed E-state index contributed by atoms with van der Waals surface area (Å²) in [5.74, 6) is -1.47. The van der Waals surface area contributed by atoms with Crippen molar-refractivity contribution in [1.29, 1.82) is 0 Å². The van der Waals surface area contributed by atoms with E-state index in [4.69, 9.17) is 9.47 Å². The number of nitrogens with zero attached hydrogens (tertiary/aromatic N) is 2. The Morgan fingerprint density at radius 1 is 1.43 bits per heavy atom. The Labute approximate surface area is 138 Å². The fraction of sp³-hybridized carbons (Fsp3) is 0.467. The summed E-state index contributed by atoms with van der Waals surface area (Å²) in [6.45, 7) is 10.1. The summed E-state index contributed by atoms with van der Waals surface area (Å²) in [6, 6.07) is 0. The van der Waals surface area contributed by atoms with E-state index in [1.54, 1.807) is 13.8 Å². The van der Waals surface area contributed by atoms with E-state index in [1.807, 2.05) is 0 Å². The number of aryl methyl sites for hydroxylation is 1. The van der Waals surface area contributed by atoms with E-state index in [2.05, 4.69) is 11.6 Å². The zero-order valence-electron chi connectivity index (χ0n) is 13.6. The second kappa shape index (κ2) is 8.42. The quantitative estimate of drug-likeness (QED) is 0.558. The lowest BCUT2D eigenvalue weighted by molar-refractivity contribution is -0.151. The molecule has 0 aromatic carbocycles. The SMILES string of the molecule is C=CCN(C(=O)[C@@H](C)OC(C)=O)c1nc(C)c(C(=O)OCC)s1. The molecule has 0 aliphatic rings. The lowest BCUT2D eigenvalue weighted by Gasteiger charge is -2.21. The van der Waals surface area contributed by atoms with Crippen molar-refractivity contribution < 1.29 is 23.9 Å². The third-order valence-corrected chi connectivity index (χ3v) is 3.91. The molecule has 0 aliphatic heterocycles. The van der Waals surface area contributed by atoms with Crippen LogP contribution in [0.2, 0.25) is 0 Å². The first kappa shape index (κ1) is 18.8. The van der Waals surface area contributed by atoms with Crippen molar-refractivity contribution in [2.45, 2.75) is 33.8 Å². The van der Waals surface area contributed by atoms with Gasteiger partial charge in [0.1, 0.15) is 4.88 Å². The van der Waals surface area contributed by atoms with E-state index in [0.29, 0.717) is 15.7 Å². The molecule has 8 heteroatoms. The summed E-state index contributed by atoms with van der Waals surface area (Å²) < 4.78 is 9.87. The van der Waals surface area contributed by atoms with Crippen molar-refractivity contribution in [3.8, 4) is 0 Å². The first-order valence-corrected chi connectivity index (χ1v) is 7.87. The molecule has 0 unspecified atom stereocenters. The maximum absolute atomic E-state index is 12.4. The van der Waals surface area contributed by atoms with E-state index in [9.17, 15) is 14.4 Å². The molecular weight excluding hydrogens is 320 g/mol. The van der Waals surface area contributed by atoms with Gasteiger partial charge in [-0.15, -0.1) is 6.58 Å². The van der Waals surface area contributed by atoms with Crippen LogP contribution in [-0.4, -0.2) is 42.1 Å². The molecular formula is C15H20N2O5S. The number of thiazole rings is 1. The zero-order valence-corrected chi connectivity index (χ0v) is 14.4. The van der Waals surface area contributed by atoms with Crippen LogP contribution in [0.3, 0.4) is 0 Å². The maximum Gasteiger partial charge on any atom is 0.350 e. The molecule has 1 aromatic rings. The highest BCUT2D eigenvalue weighted by atomic mass is 32.1. The Morgan fingerprint density at radius 3 is 2.61 bits per heavy atom. The molecule has 0 fully saturated rings. The van der Waals surface area contributed by atoms with E-state index < -0.39 is 23.9 Å². The van der Waals surface area contributed by atoms with Gasteiger partial charge in [-0.2, -0.15) is 0 Å². The van der Waals surface area contributed by atoms with Gasteiger partial charge >= 0.3 is 11.9 Å².